The monoisotopic (exact) mass is 276 g/mol. The minimum Gasteiger partial charge on any atom is -0.496 e. The fourth-order valence-corrected chi connectivity index (χ4v) is 2.89. The van der Waals surface area contributed by atoms with Gasteiger partial charge in [0.15, 0.2) is 0 Å². The van der Waals surface area contributed by atoms with Crippen LogP contribution in [0.15, 0.2) is 18.2 Å². The first kappa shape index (κ1) is 14.7. The van der Waals surface area contributed by atoms with Gasteiger partial charge in [0.1, 0.15) is 5.75 Å². The molecule has 3 N–H and O–H groups in total. The quantitative estimate of drug-likeness (QED) is 0.834. The fourth-order valence-electron chi connectivity index (χ4n) is 2.89. The second-order valence-electron chi connectivity index (χ2n) is 6.22. The number of amides is 1. The summed E-state index contributed by atoms with van der Waals surface area (Å²) in [5.74, 6) is 0.443. The molecule has 0 bridgehead atoms. The van der Waals surface area contributed by atoms with Gasteiger partial charge in [-0.3, -0.25) is 4.79 Å². The van der Waals surface area contributed by atoms with E-state index in [9.17, 15) is 4.79 Å². The number of hydrogen-bond acceptors (Lipinski definition) is 3. The predicted molar refractivity (Wildman–Crippen MR) is 80.9 cm³/mol. The van der Waals surface area contributed by atoms with Crippen molar-refractivity contribution in [2.75, 3.05) is 12.8 Å². The molecule has 1 aliphatic rings. The Morgan fingerprint density at radius 3 is 2.80 bits per heavy atom. The van der Waals surface area contributed by atoms with Crippen molar-refractivity contribution in [3.05, 3.63) is 23.8 Å². The van der Waals surface area contributed by atoms with E-state index in [1.165, 1.54) is 12.8 Å². The average molecular weight is 276 g/mol. The zero-order valence-electron chi connectivity index (χ0n) is 12.5. The number of hydrogen-bond donors (Lipinski definition) is 2. The Bertz CT molecular complexity index is 497. The van der Waals surface area contributed by atoms with Crippen LogP contribution in [0.1, 0.15) is 49.9 Å². The first-order valence-electron chi connectivity index (χ1n) is 7.18. The molecule has 1 atom stereocenters. The van der Waals surface area contributed by atoms with Gasteiger partial charge >= 0.3 is 0 Å². The lowest BCUT2D eigenvalue weighted by Crippen LogP contribution is -2.46. The number of nitrogens with one attached hydrogen (secondary N) is 1. The lowest BCUT2D eigenvalue weighted by Gasteiger charge is -2.39. The molecule has 0 aromatic heterocycles. The van der Waals surface area contributed by atoms with Crippen LogP contribution in [0.3, 0.4) is 0 Å². The lowest BCUT2D eigenvalue weighted by atomic mass is 9.73. The number of methoxy groups -OCH3 is 1. The molecule has 4 heteroatoms. The van der Waals surface area contributed by atoms with Crippen LogP contribution in [-0.4, -0.2) is 19.1 Å². The summed E-state index contributed by atoms with van der Waals surface area (Å²) in [7, 11) is 1.55. The molecule has 2 rings (SSSR count). The van der Waals surface area contributed by atoms with Crippen LogP contribution in [0.4, 0.5) is 5.69 Å². The van der Waals surface area contributed by atoms with Gasteiger partial charge in [0.2, 0.25) is 0 Å². The van der Waals surface area contributed by atoms with Crippen LogP contribution < -0.4 is 15.8 Å². The van der Waals surface area contributed by atoms with Crippen molar-refractivity contribution in [3.63, 3.8) is 0 Å². The van der Waals surface area contributed by atoms with Crippen LogP contribution in [-0.2, 0) is 0 Å². The molecule has 1 aliphatic carbocycles. The molecule has 0 saturated heterocycles. The third-order valence-corrected chi connectivity index (χ3v) is 4.28. The molecule has 1 unspecified atom stereocenters. The average Bonchev–Trinajstić information content (AvgIpc) is 2.40. The molecule has 1 amide bonds. The molecule has 1 saturated carbocycles. The Morgan fingerprint density at radius 1 is 1.40 bits per heavy atom. The van der Waals surface area contributed by atoms with E-state index < -0.39 is 0 Å². The predicted octanol–water partition coefficient (Wildman–Crippen LogP) is 2.98. The van der Waals surface area contributed by atoms with E-state index in [-0.39, 0.29) is 17.4 Å². The third-order valence-electron chi connectivity index (χ3n) is 4.28. The maximum absolute atomic E-state index is 12.5. The minimum atomic E-state index is -0.0816. The highest BCUT2D eigenvalue weighted by Crippen LogP contribution is 2.35. The molecule has 4 nitrogen and oxygen atoms in total. The van der Waals surface area contributed by atoms with Crippen molar-refractivity contribution in [2.45, 2.75) is 45.6 Å². The molecule has 20 heavy (non-hydrogen) atoms. The molecule has 1 aromatic carbocycles. The van der Waals surface area contributed by atoms with Crippen LogP contribution in [0.25, 0.3) is 0 Å². The van der Waals surface area contributed by atoms with Crippen LogP contribution >= 0.6 is 0 Å². The Labute approximate surface area is 120 Å². The Hall–Kier alpha value is -1.71. The van der Waals surface area contributed by atoms with Gasteiger partial charge in [0.25, 0.3) is 5.91 Å². The second kappa shape index (κ2) is 5.73. The molecule has 0 aliphatic heterocycles. The summed E-state index contributed by atoms with van der Waals surface area (Å²) < 4.78 is 5.25. The zero-order valence-corrected chi connectivity index (χ0v) is 12.5. The lowest BCUT2D eigenvalue weighted by molar-refractivity contribution is 0.0850. The molecule has 0 radical (unpaired) electrons. The third kappa shape index (κ3) is 3.06. The topological polar surface area (TPSA) is 64.3 Å². The van der Waals surface area contributed by atoms with Crippen LogP contribution in [0.5, 0.6) is 5.75 Å². The molecule has 1 aromatic rings. The summed E-state index contributed by atoms with van der Waals surface area (Å²) in [4.78, 5) is 12.5. The van der Waals surface area contributed by atoms with Gasteiger partial charge in [-0.25, -0.2) is 0 Å². The van der Waals surface area contributed by atoms with E-state index in [2.05, 4.69) is 19.2 Å². The Morgan fingerprint density at radius 2 is 2.15 bits per heavy atom. The minimum absolute atomic E-state index is 0.0816. The number of nitrogen functional groups attached to an aromatic ring is 1. The molecule has 0 heterocycles. The molecule has 1 fully saturated rings. The largest absolute Gasteiger partial charge is 0.496 e. The van der Waals surface area contributed by atoms with Gasteiger partial charge in [0, 0.05) is 17.8 Å². The van der Waals surface area contributed by atoms with Gasteiger partial charge < -0.3 is 15.8 Å². The summed E-state index contributed by atoms with van der Waals surface area (Å²) in [5.41, 5.74) is 7.01. The number of nitrogens with two attached hydrogens (primary N) is 1. The van der Waals surface area contributed by atoms with Crippen molar-refractivity contribution < 1.29 is 9.53 Å². The SMILES string of the molecule is COc1cc(N)ccc1C(=O)NC1CCCCC1(C)C. The van der Waals surface area contributed by atoms with Crippen molar-refractivity contribution >= 4 is 11.6 Å². The second-order valence-corrected chi connectivity index (χ2v) is 6.22. The Kier molecular flexibility index (Phi) is 4.21. The van der Waals surface area contributed by atoms with E-state index >= 15 is 0 Å². The smallest absolute Gasteiger partial charge is 0.255 e. The summed E-state index contributed by atoms with van der Waals surface area (Å²) in [6, 6.07) is 5.34. The fraction of sp³-hybridized carbons (Fsp3) is 0.562. The number of carbonyl (C=O) groups is 1. The number of carbonyl (C=O) groups excluding carboxylic acids is 1. The zero-order chi connectivity index (χ0) is 14.8. The van der Waals surface area contributed by atoms with Gasteiger partial charge in [-0.15, -0.1) is 0 Å². The highest BCUT2D eigenvalue weighted by atomic mass is 16.5. The maximum atomic E-state index is 12.5. The summed E-state index contributed by atoms with van der Waals surface area (Å²) >= 11 is 0. The number of rotatable bonds is 3. The van der Waals surface area contributed by atoms with E-state index in [0.29, 0.717) is 17.0 Å². The van der Waals surface area contributed by atoms with Crippen LogP contribution in [0.2, 0.25) is 0 Å². The van der Waals surface area contributed by atoms with Crippen molar-refractivity contribution in [1.29, 1.82) is 0 Å². The van der Waals surface area contributed by atoms with Crippen molar-refractivity contribution in [3.8, 4) is 5.75 Å². The van der Waals surface area contributed by atoms with Crippen molar-refractivity contribution in [1.82, 2.24) is 5.32 Å². The first-order valence-corrected chi connectivity index (χ1v) is 7.18. The molecular weight excluding hydrogens is 252 g/mol. The van der Waals surface area contributed by atoms with Gasteiger partial charge in [-0.2, -0.15) is 0 Å². The summed E-state index contributed by atoms with van der Waals surface area (Å²) in [5, 5.41) is 3.16. The van der Waals surface area contributed by atoms with E-state index in [0.717, 1.165) is 12.8 Å². The first-order chi connectivity index (χ1) is 9.44. The van der Waals surface area contributed by atoms with Gasteiger partial charge in [-0.1, -0.05) is 26.7 Å². The number of benzene rings is 1. The molecule has 0 spiro atoms. The standard InChI is InChI=1S/C16H24N2O2/c1-16(2)9-5-4-6-14(16)18-15(19)12-8-7-11(17)10-13(12)20-3/h7-8,10,14H,4-6,9,17H2,1-3H3,(H,18,19). The van der Waals surface area contributed by atoms with Crippen molar-refractivity contribution in [2.24, 2.45) is 5.41 Å². The molecular formula is C16H24N2O2. The summed E-state index contributed by atoms with van der Waals surface area (Å²) in [6.45, 7) is 4.44. The highest BCUT2D eigenvalue weighted by Gasteiger charge is 2.33. The highest BCUT2D eigenvalue weighted by molar-refractivity contribution is 5.97. The Balaban J connectivity index is 2.16. The maximum Gasteiger partial charge on any atom is 0.255 e. The van der Waals surface area contributed by atoms with E-state index in [1.54, 1.807) is 25.3 Å². The van der Waals surface area contributed by atoms with E-state index in [1.807, 2.05) is 0 Å². The summed E-state index contributed by atoms with van der Waals surface area (Å²) in [6.07, 6.45) is 4.60. The van der Waals surface area contributed by atoms with E-state index in [4.69, 9.17) is 10.5 Å². The van der Waals surface area contributed by atoms with Gasteiger partial charge in [0.05, 0.1) is 12.7 Å². The molecule has 110 valence electrons. The number of ether oxygens (including phenoxy) is 1. The van der Waals surface area contributed by atoms with Gasteiger partial charge in [-0.05, 0) is 30.4 Å². The number of anilines is 1. The van der Waals surface area contributed by atoms with Crippen LogP contribution in [0, 0.1) is 5.41 Å². The normalized spacial score (nSPS) is 21.2.